The minimum absolute atomic E-state index is 0.467. The van der Waals surface area contributed by atoms with Crippen molar-refractivity contribution in [2.45, 2.75) is 6.42 Å². The molecule has 2 aromatic rings. The summed E-state index contributed by atoms with van der Waals surface area (Å²) in [6.45, 7) is 0.638. The van der Waals surface area contributed by atoms with E-state index in [1.165, 1.54) is 0 Å². The van der Waals surface area contributed by atoms with Gasteiger partial charge < -0.3 is 14.6 Å². The van der Waals surface area contributed by atoms with E-state index < -0.39 is 0 Å². The molecule has 6 heteroatoms. The number of hydrogen-bond acceptors (Lipinski definition) is 5. The fourth-order valence-corrected chi connectivity index (χ4v) is 1.62. The van der Waals surface area contributed by atoms with E-state index in [0.717, 1.165) is 17.3 Å². The van der Waals surface area contributed by atoms with Gasteiger partial charge in [0, 0.05) is 33.0 Å². The molecule has 0 aliphatic rings. The maximum Gasteiger partial charge on any atom is 0.180 e. The van der Waals surface area contributed by atoms with Crippen LogP contribution in [0.5, 0.6) is 0 Å². The monoisotopic (exact) mass is 230 g/mol. The van der Waals surface area contributed by atoms with Gasteiger partial charge in [0.05, 0.1) is 18.7 Å². The summed E-state index contributed by atoms with van der Waals surface area (Å²) < 4.78 is 1.91. The number of nitriles is 1. The summed E-state index contributed by atoms with van der Waals surface area (Å²) in [7, 11) is 3.73. The molecule has 0 amide bonds. The van der Waals surface area contributed by atoms with Crippen molar-refractivity contribution in [1.82, 2.24) is 14.4 Å². The highest BCUT2D eigenvalue weighted by atomic mass is 15.2. The molecule has 2 rings (SSSR count). The van der Waals surface area contributed by atoms with Gasteiger partial charge in [0.2, 0.25) is 0 Å². The fraction of sp³-hybridized carbons (Fsp3) is 0.364. The van der Waals surface area contributed by atoms with Crippen molar-refractivity contribution in [2.75, 3.05) is 30.9 Å². The number of nitrogens with zero attached hydrogens (tertiary/aromatic N) is 5. The van der Waals surface area contributed by atoms with E-state index in [1.54, 1.807) is 6.20 Å². The van der Waals surface area contributed by atoms with Gasteiger partial charge in [-0.2, -0.15) is 5.26 Å². The summed E-state index contributed by atoms with van der Waals surface area (Å²) >= 11 is 0. The van der Waals surface area contributed by atoms with Gasteiger partial charge >= 0.3 is 0 Å². The van der Waals surface area contributed by atoms with Gasteiger partial charge in [0.15, 0.2) is 11.5 Å². The van der Waals surface area contributed by atoms with Gasteiger partial charge in [-0.05, 0) is 0 Å². The molecular weight excluding hydrogens is 216 g/mol. The molecule has 2 heterocycles. The molecule has 0 bridgehead atoms. The number of fused-ring (bicyclic) bond motifs is 1. The highest BCUT2D eigenvalue weighted by Gasteiger charge is 2.10. The Balaban J connectivity index is 2.43. The maximum absolute atomic E-state index is 8.61. The summed E-state index contributed by atoms with van der Waals surface area (Å²) in [4.78, 5) is 10.7. The summed E-state index contributed by atoms with van der Waals surface area (Å²) in [5.41, 5.74) is 0.796. The van der Waals surface area contributed by atoms with Crippen LogP contribution >= 0.6 is 0 Å². The van der Waals surface area contributed by atoms with Gasteiger partial charge in [-0.15, -0.1) is 0 Å². The van der Waals surface area contributed by atoms with Crippen LogP contribution in [-0.2, 0) is 0 Å². The van der Waals surface area contributed by atoms with E-state index in [9.17, 15) is 0 Å². The Bertz CT molecular complexity index is 553. The first-order valence-corrected chi connectivity index (χ1v) is 5.36. The van der Waals surface area contributed by atoms with Gasteiger partial charge in [-0.3, -0.25) is 0 Å². The Labute approximate surface area is 99.5 Å². The third kappa shape index (κ3) is 2.13. The van der Waals surface area contributed by atoms with Crippen molar-refractivity contribution in [1.29, 1.82) is 5.26 Å². The Kier molecular flexibility index (Phi) is 3.10. The normalized spacial score (nSPS) is 10.2. The lowest BCUT2D eigenvalue weighted by Crippen LogP contribution is -2.20. The standard InChI is InChI=1S/C11H14N6/c1-13-9-8-17-7-5-14-10(17)11(15-9)16(2)6-3-4-12/h5,7-8,13H,3,6H2,1-2H3. The molecule has 0 fully saturated rings. The zero-order valence-corrected chi connectivity index (χ0v) is 9.88. The van der Waals surface area contributed by atoms with Crippen molar-refractivity contribution in [3.8, 4) is 6.07 Å². The van der Waals surface area contributed by atoms with Gasteiger partial charge in [0.25, 0.3) is 0 Å². The molecule has 0 aliphatic heterocycles. The third-order valence-electron chi connectivity index (χ3n) is 2.53. The zero-order valence-electron chi connectivity index (χ0n) is 9.88. The first kappa shape index (κ1) is 11.2. The van der Waals surface area contributed by atoms with Gasteiger partial charge in [0.1, 0.15) is 5.82 Å². The number of anilines is 2. The van der Waals surface area contributed by atoms with Crippen LogP contribution in [0.2, 0.25) is 0 Å². The van der Waals surface area contributed by atoms with Crippen LogP contribution in [0.4, 0.5) is 11.6 Å². The van der Waals surface area contributed by atoms with Crippen LogP contribution in [0.3, 0.4) is 0 Å². The van der Waals surface area contributed by atoms with Crippen LogP contribution in [0.15, 0.2) is 18.6 Å². The largest absolute Gasteiger partial charge is 0.372 e. The zero-order chi connectivity index (χ0) is 12.3. The van der Waals surface area contributed by atoms with E-state index >= 15 is 0 Å². The second kappa shape index (κ2) is 4.70. The summed E-state index contributed by atoms with van der Waals surface area (Å²) in [6, 6.07) is 2.13. The van der Waals surface area contributed by atoms with Gasteiger partial charge in [-0.1, -0.05) is 0 Å². The van der Waals surface area contributed by atoms with Gasteiger partial charge in [-0.25, -0.2) is 9.97 Å². The first-order valence-electron chi connectivity index (χ1n) is 5.36. The predicted molar refractivity (Wildman–Crippen MR) is 66.0 cm³/mol. The molecule has 6 nitrogen and oxygen atoms in total. The number of aromatic nitrogens is 3. The molecule has 2 aromatic heterocycles. The third-order valence-corrected chi connectivity index (χ3v) is 2.53. The van der Waals surface area contributed by atoms with Crippen molar-refractivity contribution < 1.29 is 0 Å². The Morgan fingerprint density at radius 1 is 1.59 bits per heavy atom. The average Bonchev–Trinajstić information content (AvgIpc) is 2.82. The van der Waals surface area contributed by atoms with E-state index in [1.807, 2.05) is 35.8 Å². The predicted octanol–water partition coefficient (Wildman–Crippen LogP) is 1.12. The van der Waals surface area contributed by atoms with Crippen LogP contribution in [0.25, 0.3) is 5.65 Å². The quantitative estimate of drug-likeness (QED) is 0.852. The Morgan fingerprint density at radius 3 is 3.12 bits per heavy atom. The molecule has 0 aliphatic carbocycles. The molecule has 88 valence electrons. The smallest absolute Gasteiger partial charge is 0.180 e. The SMILES string of the molecule is CNc1cn2ccnc2c(N(C)CCC#N)n1. The summed E-state index contributed by atoms with van der Waals surface area (Å²) in [5, 5.41) is 11.6. The summed E-state index contributed by atoms with van der Waals surface area (Å²) in [5.74, 6) is 1.55. The molecule has 1 N–H and O–H groups in total. The number of rotatable bonds is 4. The lowest BCUT2D eigenvalue weighted by atomic mass is 10.4. The topological polar surface area (TPSA) is 69.2 Å². The fourth-order valence-electron chi connectivity index (χ4n) is 1.62. The molecule has 17 heavy (non-hydrogen) atoms. The molecule has 0 spiro atoms. The van der Waals surface area contributed by atoms with Crippen molar-refractivity contribution in [3.63, 3.8) is 0 Å². The second-order valence-corrected chi connectivity index (χ2v) is 3.69. The van der Waals surface area contributed by atoms with Crippen LogP contribution < -0.4 is 10.2 Å². The molecular formula is C11H14N6. The van der Waals surface area contributed by atoms with E-state index in [0.29, 0.717) is 13.0 Å². The van der Waals surface area contributed by atoms with Crippen molar-refractivity contribution in [2.24, 2.45) is 0 Å². The second-order valence-electron chi connectivity index (χ2n) is 3.69. The molecule has 0 saturated heterocycles. The number of imidazole rings is 1. The van der Waals surface area contributed by atoms with Crippen LogP contribution in [0, 0.1) is 11.3 Å². The lowest BCUT2D eigenvalue weighted by molar-refractivity contribution is 0.881. The summed E-state index contributed by atoms with van der Waals surface area (Å²) in [6.07, 6.45) is 5.95. The number of hydrogen-bond donors (Lipinski definition) is 1. The Morgan fingerprint density at radius 2 is 2.41 bits per heavy atom. The molecule has 0 radical (unpaired) electrons. The molecule has 0 unspecified atom stereocenters. The minimum atomic E-state index is 0.467. The number of nitrogens with one attached hydrogen (secondary N) is 1. The molecule has 0 atom stereocenters. The van der Waals surface area contributed by atoms with E-state index in [-0.39, 0.29) is 0 Å². The van der Waals surface area contributed by atoms with Crippen LogP contribution in [0.1, 0.15) is 6.42 Å². The lowest BCUT2D eigenvalue weighted by Gasteiger charge is -2.18. The highest BCUT2D eigenvalue weighted by Crippen LogP contribution is 2.19. The average molecular weight is 230 g/mol. The maximum atomic E-state index is 8.61. The first-order chi connectivity index (χ1) is 8.26. The highest BCUT2D eigenvalue weighted by molar-refractivity contribution is 5.66. The van der Waals surface area contributed by atoms with Crippen LogP contribution in [-0.4, -0.2) is 35.0 Å². The van der Waals surface area contributed by atoms with Crippen molar-refractivity contribution in [3.05, 3.63) is 18.6 Å². The van der Waals surface area contributed by atoms with Crippen molar-refractivity contribution >= 4 is 17.3 Å². The molecule has 0 saturated carbocycles. The minimum Gasteiger partial charge on any atom is -0.372 e. The van der Waals surface area contributed by atoms with E-state index in [2.05, 4.69) is 21.4 Å². The Hall–Kier alpha value is -2.29. The molecule has 0 aromatic carbocycles. The van der Waals surface area contributed by atoms with E-state index in [4.69, 9.17) is 5.26 Å².